The zero-order valence-corrected chi connectivity index (χ0v) is 16.6. The average Bonchev–Trinajstić information content (AvgIpc) is 3.27. The van der Waals surface area contributed by atoms with Crippen LogP contribution in [-0.4, -0.2) is 53.7 Å². The first-order valence-corrected chi connectivity index (χ1v) is 10.1. The molecule has 2 aliphatic rings. The van der Waals surface area contributed by atoms with Gasteiger partial charge in [-0.05, 0) is 38.3 Å². The largest absolute Gasteiger partial charge is 0.507 e. The number of benzene rings is 1. The number of phenolic OH excluding ortho intramolecular Hbond substituents is 1. The molecule has 2 aromatic heterocycles. The molecule has 2 saturated heterocycles. The van der Waals surface area contributed by atoms with Crippen molar-refractivity contribution < 1.29 is 14.2 Å². The molecule has 2 N–H and O–H groups in total. The van der Waals surface area contributed by atoms with Gasteiger partial charge in [0.05, 0.1) is 18.2 Å². The third-order valence-electron chi connectivity index (χ3n) is 6.03. The van der Waals surface area contributed by atoms with Crippen LogP contribution in [0.2, 0.25) is 0 Å². The maximum Gasteiger partial charge on any atom is 0.336 e. The second-order valence-electron chi connectivity index (χ2n) is 8.31. The fourth-order valence-electron chi connectivity index (χ4n) is 4.51. The molecule has 8 nitrogen and oxygen atoms in total. The van der Waals surface area contributed by atoms with Crippen molar-refractivity contribution in [1.82, 2.24) is 30.0 Å². The van der Waals surface area contributed by atoms with E-state index in [1.807, 2.05) is 6.07 Å². The number of rotatable bonds is 4. The molecule has 1 unspecified atom stereocenters. The van der Waals surface area contributed by atoms with Crippen LogP contribution in [0.25, 0.3) is 16.9 Å². The van der Waals surface area contributed by atoms with Crippen molar-refractivity contribution in [2.75, 3.05) is 0 Å². The van der Waals surface area contributed by atoms with Gasteiger partial charge in [0, 0.05) is 42.0 Å². The summed E-state index contributed by atoms with van der Waals surface area (Å²) in [6.07, 6.45) is 8.26. The highest BCUT2D eigenvalue weighted by molar-refractivity contribution is 5.67. The molecule has 2 fully saturated rings. The molecule has 4 heterocycles. The average molecular weight is 410 g/mol. The Kier molecular flexibility index (Phi) is 4.62. The highest BCUT2D eigenvalue weighted by Crippen LogP contribution is 2.36. The number of hydrogen-bond donors (Lipinski definition) is 2. The topological polar surface area (TPSA) is 98.0 Å². The summed E-state index contributed by atoms with van der Waals surface area (Å²) in [4.78, 5) is 8.20. The lowest BCUT2D eigenvalue weighted by molar-refractivity contribution is -0.0243. The van der Waals surface area contributed by atoms with Crippen LogP contribution in [0.5, 0.6) is 11.8 Å². The molecule has 9 heteroatoms. The number of aromatic hydroxyl groups is 1. The Bertz CT molecular complexity index is 1030. The summed E-state index contributed by atoms with van der Waals surface area (Å²) in [5.41, 5.74) is 1.56. The Morgan fingerprint density at radius 3 is 2.97 bits per heavy atom. The van der Waals surface area contributed by atoms with Crippen LogP contribution < -0.4 is 10.1 Å². The van der Waals surface area contributed by atoms with E-state index in [0.29, 0.717) is 17.7 Å². The third-order valence-corrected chi connectivity index (χ3v) is 6.03. The molecule has 156 valence electrons. The number of imidazole rings is 1. The van der Waals surface area contributed by atoms with Crippen LogP contribution in [0.15, 0.2) is 43.1 Å². The van der Waals surface area contributed by atoms with Gasteiger partial charge in [0.25, 0.3) is 0 Å². The fourth-order valence-corrected chi connectivity index (χ4v) is 4.51. The molecule has 1 aromatic carbocycles. The van der Waals surface area contributed by atoms with Gasteiger partial charge in [0.2, 0.25) is 0 Å². The van der Waals surface area contributed by atoms with Crippen LogP contribution in [0.1, 0.15) is 32.6 Å². The van der Waals surface area contributed by atoms with E-state index in [2.05, 4.69) is 32.4 Å². The Balaban J connectivity index is 1.32. The van der Waals surface area contributed by atoms with Crippen molar-refractivity contribution in [3.63, 3.8) is 0 Å². The first-order chi connectivity index (χ1) is 14.5. The molecule has 0 aliphatic carbocycles. The minimum atomic E-state index is -1.11. The van der Waals surface area contributed by atoms with Gasteiger partial charge < -0.3 is 19.7 Å². The molecule has 0 radical (unpaired) electrons. The smallest absolute Gasteiger partial charge is 0.336 e. The molecule has 2 aliphatic heterocycles. The monoisotopic (exact) mass is 410 g/mol. The number of phenols is 1. The first kappa shape index (κ1) is 18.9. The number of ether oxygens (including phenoxy) is 1. The Labute approximate surface area is 173 Å². The first-order valence-electron chi connectivity index (χ1n) is 10.1. The van der Waals surface area contributed by atoms with Crippen LogP contribution in [-0.2, 0) is 0 Å². The lowest BCUT2D eigenvalue weighted by Crippen LogP contribution is -2.64. The van der Waals surface area contributed by atoms with E-state index >= 15 is 0 Å². The van der Waals surface area contributed by atoms with Gasteiger partial charge in [-0.15, -0.1) is 5.10 Å². The second-order valence-corrected chi connectivity index (χ2v) is 8.31. The van der Waals surface area contributed by atoms with Gasteiger partial charge in [-0.1, -0.05) is 5.10 Å². The van der Waals surface area contributed by atoms with Crippen molar-refractivity contribution in [2.24, 2.45) is 0 Å². The van der Waals surface area contributed by atoms with Crippen molar-refractivity contribution in [3.8, 4) is 28.7 Å². The fraction of sp³-hybridized carbons (Fsp3) is 0.429. The second kappa shape index (κ2) is 7.32. The number of hydrogen-bond acceptors (Lipinski definition) is 7. The van der Waals surface area contributed by atoms with Gasteiger partial charge in [0.15, 0.2) is 6.17 Å². The molecule has 4 atom stereocenters. The van der Waals surface area contributed by atoms with Gasteiger partial charge in [0.1, 0.15) is 17.5 Å². The molecule has 5 rings (SSSR count). The summed E-state index contributed by atoms with van der Waals surface area (Å²) in [7, 11) is 0. The van der Waals surface area contributed by atoms with Crippen LogP contribution in [0, 0.1) is 0 Å². The van der Waals surface area contributed by atoms with E-state index in [4.69, 9.17) is 4.74 Å². The van der Waals surface area contributed by atoms with Crippen LogP contribution in [0.3, 0.4) is 0 Å². The number of piperidine rings is 2. The summed E-state index contributed by atoms with van der Waals surface area (Å²) >= 11 is 0. The summed E-state index contributed by atoms with van der Waals surface area (Å²) in [6.45, 7) is 2.11. The number of nitrogens with zero attached hydrogens (tertiary/aromatic N) is 5. The molecule has 0 saturated carbocycles. The van der Waals surface area contributed by atoms with Crippen molar-refractivity contribution >= 4 is 0 Å². The standard InChI is InChI=1S/C21H23FN6O2/c1-21-6-2-3-15(25-21)19(22)18(10-21)30-20-24-11-16(26-27-20)14-5-4-13(9-17(14)29)28-8-7-23-12-28/h4-5,7-9,11-12,15,18-19,25,29H,2-3,6,10H2,1H3/t15?,18-,19+,21-/m0/s1. The van der Waals surface area contributed by atoms with Gasteiger partial charge in [-0.2, -0.15) is 0 Å². The zero-order chi connectivity index (χ0) is 20.7. The van der Waals surface area contributed by atoms with E-state index in [1.54, 1.807) is 35.4 Å². The van der Waals surface area contributed by atoms with E-state index < -0.39 is 12.3 Å². The van der Waals surface area contributed by atoms with Crippen LogP contribution >= 0.6 is 0 Å². The van der Waals surface area contributed by atoms with Crippen molar-refractivity contribution in [3.05, 3.63) is 43.1 Å². The zero-order valence-electron chi connectivity index (χ0n) is 16.6. The Morgan fingerprint density at radius 2 is 2.23 bits per heavy atom. The molecule has 3 aromatic rings. The molecule has 0 amide bonds. The minimum Gasteiger partial charge on any atom is -0.507 e. The minimum absolute atomic E-state index is 0.0458. The summed E-state index contributed by atoms with van der Waals surface area (Å²) < 4.78 is 22.4. The van der Waals surface area contributed by atoms with E-state index in [1.165, 1.54) is 6.20 Å². The lowest BCUT2D eigenvalue weighted by atomic mass is 9.75. The number of nitrogens with one attached hydrogen (secondary N) is 1. The number of aromatic nitrogens is 5. The number of alkyl halides is 1. The summed E-state index contributed by atoms with van der Waals surface area (Å²) in [5, 5.41) is 22.0. The van der Waals surface area contributed by atoms with E-state index in [0.717, 1.165) is 24.9 Å². The van der Waals surface area contributed by atoms with Gasteiger partial charge in [-0.25, -0.2) is 14.4 Å². The summed E-state index contributed by atoms with van der Waals surface area (Å²) in [6, 6.07) is 5.05. The quantitative estimate of drug-likeness (QED) is 0.682. The molecular weight excluding hydrogens is 387 g/mol. The third kappa shape index (κ3) is 3.49. The van der Waals surface area contributed by atoms with Crippen molar-refractivity contribution in [2.45, 2.75) is 56.5 Å². The highest BCUT2D eigenvalue weighted by atomic mass is 19.1. The van der Waals surface area contributed by atoms with Crippen molar-refractivity contribution in [1.29, 1.82) is 0 Å². The SMILES string of the molecule is C[C@@]12CCCC(N1)[C@@H](F)[C@@H](Oc1ncc(-c3ccc(-n4ccnc4)cc3O)nn1)C2. The Hall–Kier alpha value is -3.07. The molecule has 30 heavy (non-hydrogen) atoms. The van der Waals surface area contributed by atoms with Gasteiger partial charge >= 0.3 is 6.01 Å². The summed E-state index contributed by atoms with van der Waals surface area (Å²) in [5.74, 6) is 0.0499. The van der Waals surface area contributed by atoms with E-state index in [9.17, 15) is 9.50 Å². The maximum atomic E-state index is 14.8. The maximum absolute atomic E-state index is 14.8. The highest BCUT2D eigenvalue weighted by Gasteiger charge is 2.47. The molecule has 2 bridgehead atoms. The predicted octanol–water partition coefficient (Wildman–Crippen LogP) is 2.82. The molecule has 0 spiro atoms. The number of fused-ring (bicyclic) bond motifs is 2. The van der Waals surface area contributed by atoms with Crippen LogP contribution in [0.4, 0.5) is 4.39 Å². The lowest BCUT2D eigenvalue weighted by Gasteiger charge is -2.48. The van der Waals surface area contributed by atoms with Gasteiger partial charge in [-0.3, -0.25) is 0 Å². The molecular formula is C21H23FN6O2. The van der Waals surface area contributed by atoms with E-state index in [-0.39, 0.29) is 23.3 Å². The Morgan fingerprint density at radius 1 is 1.33 bits per heavy atom. The normalized spacial score (nSPS) is 28.3. The number of halogens is 1. The predicted molar refractivity (Wildman–Crippen MR) is 107 cm³/mol.